The average molecular weight is 523 g/mol. The molecule has 1 aliphatic heterocycles. The quantitative estimate of drug-likeness (QED) is 0.396. The summed E-state index contributed by atoms with van der Waals surface area (Å²) < 4.78 is 44.6. The molecule has 1 fully saturated rings. The zero-order chi connectivity index (χ0) is 26.6. The Balaban J connectivity index is 1.44. The van der Waals surface area contributed by atoms with E-state index in [4.69, 9.17) is 0 Å². The lowest BCUT2D eigenvalue weighted by atomic mass is 9.85. The minimum Gasteiger partial charge on any atom is -0.370 e. The van der Waals surface area contributed by atoms with Gasteiger partial charge in [0, 0.05) is 31.8 Å². The second-order valence-electron chi connectivity index (χ2n) is 9.79. The average Bonchev–Trinajstić information content (AvgIpc) is 3.53. The Kier molecular flexibility index (Phi) is 5.69. The maximum Gasteiger partial charge on any atom is 0.416 e. The van der Waals surface area contributed by atoms with Crippen molar-refractivity contribution in [1.82, 2.24) is 29.5 Å². The zero-order valence-corrected chi connectivity index (χ0v) is 20.8. The van der Waals surface area contributed by atoms with Crippen molar-refractivity contribution >= 4 is 17.5 Å². The van der Waals surface area contributed by atoms with Crippen molar-refractivity contribution in [3.63, 3.8) is 0 Å². The molecule has 196 valence electrons. The Morgan fingerprint density at radius 2 is 1.95 bits per heavy atom. The number of pyridine rings is 1. The summed E-state index contributed by atoms with van der Waals surface area (Å²) in [6.45, 7) is 0.508. The predicted octanol–water partition coefficient (Wildman–Crippen LogP) is 4.67. The molecule has 0 unspecified atom stereocenters. The number of amides is 1. The van der Waals surface area contributed by atoms with Crippen LogP contribution in [0.2, 0.25) is 0 Å². The summed E-state index contributed by atoms with van der Waals surface area (Å²) >= 11 is 0. The van der Waals surface area contributed by atoms with Gasteiger partial charge in [-0.15, -0.1) is 10.2 Å². The molecular formula is C26H25F3N8O. The lowest BCUT2D eigenvalue weighted by Gasteiger charge is -2.26. The number of carbonyl (C=O) groups excluding carboxylic acids is 1. The fourth-order valence-electron chi connectivity index (χ4n) is 5.08. The molecule has 1 N–H and O–H groups in total. The number of fused-ring (bicyclic) bond motifs is 1. The monoisotopic (exact) mass is 522 g/mol. The van der Waals surface area contributed by atoms with E-state index in [1.54, 1.807) is 34.9 Å². The van der Waals surface area contributed by atoms with Gasteiger partial charge in [0.25, 0.3) is 5.91 Å². The summed E-state index contributed by atoms with van der Waals surface area (Å²) in [4.78, 5) is 19.3. The van der Waals surface area contributed by atoms with Crippen molar-refractivity contribution in [2.75, 3.05) is 16.8 Å². The first-order valence-electron chi connectivity index (χ1n) is 12.3. The van der Waals surface area contributed by atoms with Crippen molar-refractivity contribution < 1.29 is 18.0 Å². The van der Waals surface area contributed by atoms with E-state index in [0.29, 0.717) is 23.1 Å². The lowest BCUT2D eigenvalue weighted by Crippen LogP contribution is -2.25. The van der Waals surface area contributed by atoms with Crippen molar-refractivity contribution in [2.45, 2.75) is 32.0 Å². The summed E-state index contributed by atoms with van der Waals surface area (Å²) in [5.74, 6) is 1.43. The van der Waals surface area contributed by atoms with Crippen molar-refractivity contribution in [3.8, 4) is 22.6 Å². The highest BCUT2D eigenvalue weighted by atomic mass is 19.4. The van der Waals surface area contributed by atoms with Crippen molar-refractivity contribution in [2.24, 2.45) is 20.0 Å². The number of benzene rings is 1. The largest absolute Gasteiger partial charge is 0.416 e. The lowest BCUT2D eigenvalue weighted by molar-refractivity contribution is -0.138. The van der Waals surface area contributed by atoms with Gasteiger partial charge in [0.2, 0.25) is 0 Å². The molecule has 6 rings (SSSR count). The number of rotatable bonds is 6. The van der Waals surface area contributed by atoms with Gasteiger partial charge in [0.15, 0.2) is 5.82 Å². The number of hydrogen-bond donors (Lipinski definition) is 1. The van der Waals surface area contributed by atoms with E-state index >= 15 is 0 Å². The van der Waals surface area contributed by atoms with E-state index in [0.717, 1.165) is 36.7 Å². The molecule has 9 nitrogen and oxygen atoms in total. The molecule has 0 radical (unpaired) electrons. The predicted molar refractivity (Wildman–Crippen MR) is 134 cm³/mol. The number of nitrogens with one attached hydrogen (secondary N) is 1. The van der Waals surface area contributed by atoms with Gasteiger partial charge in [-0.05, 0) is 48.6 Å². The van der Waals surface area contributed by atoms with Gasteiger partial charge >= 0.3 is 6.18 Å². The van der Waals surface area contributed by atoms with Crippen LogP contribution < -0.4 is 10.2 Å². The van der Waals surface area contributed by atoms with Gasteiger partial charge in [-0.3, -0.25) is 14.4 Å². The van der Waals surface area contributed by atoms with Crippen LogP contribution in [0.3, 0.4) is 0 Å². The third-order valence-electron chi connectivity index (χ3n) is 7.32. The van der Waals surface area contributed by atoms with Gasteiger partial charge in [0.1, 0.15) is 18.0 Å². The Hall–Kier alpha value is -4.22. The highest BCUT2D eigenvalue weighted by molar-refractivity contribution is 6.10. The molecule has 1 aromatic carbocycles. The maximum atomic E-state index is 13.7. The highest BCUT2D eigenvalue weighted by Gasteiger charge is 2.40. The Morgan fingerprint density at radius 3 is 2.63 bits per heavy atom. The van der Waals surface area contributed by atoms with Crippen LogP contribution in [0, 0.1) is 5.92 Å². The number of aryl methyl sites for hydroxylation is 2. The van der Waals surface area contributed by atoms with Gasteiger partial charge in [0.05, 0.1) is 29.6 Å². The first kappa shape index (κ1) is 24.1. The second kappa shape index (κ2) is 8.96. The van der Waals surface area contributed by atoms with Gasteiger partial charge in [-0.25, -0.2) is 4.98 Å². The molecule has 0 saturated heterocycles. The molecule has 1 saturated carbocycles. The van der Waals surface area contributed by atoms with Crippen LogP contribution in [0.1, 0.15) is 40.7 Å². The van der Waals surface area contributed by atoms with Crippen LogP contribution in [0.15, 0.2) is 42.9 Å². The van der Waals surface area contributed by atoms with E-state index in [2.05, 4.69) is 25.6 Å². The number of anilines is 2. The fourth-order valence-corrected chi connectivity index (χ4v) is 5.08. The molecule has 3 aromatic heterocycles. The smallest absolute Gasteiger partial charge is 0.370 e. The number of carbonyl (C=O) groups is 1. The van der Waals surface area contributed by atoms with E-state index in [-0.39, 0.29) is 23.5 Å². The SMILES string of the molecule is Cn1cnnc1-c1cnn(C)c1-c1cc(NCC2CCC2)nc(N2Cc3c(cccc3C(F)(F)F)C2=O)c1. The number of aromatic nitrogens is 6. The molecule has 0 atom stereocenters. The second-order valence-corrected chi connectivity index (χ2v) is 9.79. The molecule has 0 spiro atoms. The van der Waals surface area contributed by atoms with E-state index in [1.807, 2.05) is 13.1 Å². The van der Waals surface area contributed by atoms with Crippen LogP contribution in [0.4, 0.5) is 24.8 Å². The first-order chi connectivity index (χ1) is 18.2. The fraction of sp³-hybridized carbons (Fsp3) is 0.346. The Morgan fingerprint density at radius 1 is 1.13 bits per heavy atom. The third-order valence-corrected chi connectivity index (χ3v) is 7.32. The van der Waals surface area contributed by atoms with Crippen LogP contribution in [0.5, 0.6) is 0 Å². The normalized spacial score (nSPS) is 15.6. The number of halogens is 3. The van der Waals surface area contributed by atoms with Crippen molar-refractivity contribution in [1.29, 1.82) is 0 Å². The van der Waals surface area contributed by atoms with Crippen LogP contribution in [0.25, 0.3) is 22.6 Å². The van der Waals surface area contributed by atoms with E-state index < -0.39 is 17.6 Å². The summed E-state index contributed by atoms with van der Waals surface area (Å²) in [7, 11) is 3.62. The summed E-state index contributed by atoms with van der Waals surface area (Å²) in [6, 6.07) is 7.28. The molecule has 1 aliphatic carbocycles. The molecule has 4 heterocycles. The molecule has 12 heteroatoms. The third kappa shape index (κ3) is 4.09. The first-order valence-corrected chi connectivity index (χ1v) is 12.3. The molecule has 38 heavy (non-hydrogen) atoms. The number of hydrogen-bond acceptors (Lipinski definition) is 6. The molecule has 4 aromatic rings. The van der Waals surface area contributed by atoms with E-state index in [9.17, 15) is 18.0 Å². The maximum absolute atomic E-state index is 13.7. The topological polar surface area (TPSA) is 93.8 Å². The van der Waals surface area contributed by atoms with Crippen LogP contribution in [-0.2, 0) is 26.8 Å². The zero-order valence-electron chi connectivity index (χ0n) is 20.8. The highest BCUT2D eigenvalue weighted by Crippen LogP contribution is 2.40. The molecule has 2 aliphatic rings. The number of nitrogens with zero attached hydrogens (tertiary/aromatic N) is 7. The minimum absolute atomic E-state index is 0.0383. The Bertz CT molecular complexity index is 1540. The standard InChI is InChI=1S/C26H25F3N8O/c1-35-14-31-34-24(35)18-12-32-36(2)23(18)16-9-21(30-11-15-5-3-6-15)33-22(10-16)37-13-19-17(25(37)38)7-4-8-20(19)26(27,28)29/h4,7-10,12,14-15H,3,5-6,11,13H2,1-2H3,(H,30,33). The van der Waals surface area contributed by atoms with Crippen molar-refractivity contribution in [3.05, 3.63) is 59.5 Å². The van der Waals surface area contributed by atoms with Gasteiger partial charge in [-0.1, -0.05) is 12.5 Å². The van der Waals surface area contributed by atoms with Gasteiger partial charge < -0.3 is 9.88 Å². The van der Waals surface area contributed by atoms with Gasteiger partial charge in [-0.2, -0.15) is 18.3 Å². The molecule has 0 bridgehead atoms. The minimum atomic E-state index is -4.56. The summed E-state index contributed by atoms with van der Waals surface area (Å²) in [5, 5.41) is 16.0. The van der Waals surface area contributed by atoms with Crippen LogP contribution in [-0.4, -0.2) is 42.0 Å². The molecular weight excluding hydrogens is 497 g/mol. The summed E-state index contributed by atoms with van der Waals surface area (Å²) in [6.07, 6.45) is 2.19. The molecule has 1 amide bonds. The van der Waals surface area contributed by atoms with Crippen LogP contribution >= 0.6 is 0 Å². The van der Waals surface area contributed by atoms with E-state index in [1.165, 1.54) is 23.5 Å². The Labute approximate surface area is 216 Å². The summed E-state index contributed by atoms with van der Waals surface area (Å²) in [5.41, 5.74) is 1.34. The number of alkyl halides is 3.